The van der Waals surface area contributed by atoms with E-state index in [0.717, 1.165) is 18.4 Å². The van der Waals surface area contributed by atoms with Gasteiger partial charge in [0, 0.05) is 11.3 Å². The maximum absolute atomic E-state index is 12.4. The average molecular weight is 369 g/mol. The van der Waals surface area contributed by atoms with Gasteiger partial charge in [0.25, 0.3) is 5.91 Å². The van der Waals surface area contributed by atoms with Crippen molar-refractivity contribution in [1.82, 2.24) is 0 Å². The van der Waals surface area contributed by atoms with Crippen LogP contribution in [0.2, 0.25) is 0 Å². The van der Waals surface area contributed by atoms with Crippen molar-refractivity contribution < 1.29 is 24.2 Å². The van der Waals surface area contributed by atoms with Gasteiger partial charge in [-0.15, -0.1) is 0 Å². The summed E-state index contributed by atoms with van der Waals surface area (Å²) in [6, 6.07) is 14.0. The van der Waals surface area contributed by atoms with Crippen LogP contribution in [0.3, 0.4) is 0 Å². The maximum atomic E-state index is 12.4. The fraction of sp³-hybridized carbons (Fsp3) is 0.333. The Hall–Kier alpha value is -2.86. The molecule has 0 bridgehead atoms. The summed E-state index contributed by atoms with van der Waals surface area (Å²) < 4.78 is 11.0. The highest BCUT2D eigenvalue weighted by atomic mass is 16.5. The molecule has 2 aromatic carbocycles. The molecule has 0 saturated heterocycles. The van der Waals surface area contributed by atoms with Crippen LogP contribution in [0.5, 0.6) is 5.75 Å². The molecular formula is C21H23NO5. The predicted octanol–water partition coefficient (Wildman–Crippen LogP) is 3.86. The number of rotatable bonds is 8. The predicted molar refractivity (Wildman–Crippen MR) is 101 cm³/mol. The first-order chi connectivity index (χ1) is 13.1. The molecule has 3 rings (SSSR count). The number of anilines is 1. The van der Waals surface area contributed by atoms with E-state index >= 15 is 0 Å². The molecule has 1 amide bonds. The number of carboxylic acid groups (broad SMARTS) is 1. The fourth-order valence-electron chi connectivity index (χ4n) is 3.03. The van der Waals surface area contributed by atoms with Gasteiger partial charge < -0.3 is 19.9 Å². The zero-order chi connectivity index (χ0) is 19.1. The number of amides is 1. The maximum Gasteiger partial charge on any atom is 0.341 e. The van der Waals surface area contributed by atoms with Crippen LogP contribution in [0.4, 0.5) is 5.69 Å². The number of ether oxygens (including phenoxy) is 2. The van der Waals surface area contributed by atoms with Crippen LogP contribution in [-0.2, 0) is 16.1 Å². The molecule has 0 aliphatic heterocycles. The molecule has 1 saturated carbocycles. The Labute approximate surface area is 158 Å². The van der Waals surface area contributed by atoms with Gasteiger partial charge in [-0.05, 0) is 48.7 Å². The average Bonchev–Trinajstić information content (AvgIpc) is 3.20. The number of carbonyl (C=O) groups excluding carboxylic acids is 1. The van der Waals surface area contributed by atoms with Gasteiger partial charge in [0.15, 0.2) is 6.61 Å². The van der Waals surface area contributed by atoms with E-state index in [1.807, 2.05) is 24.3 Å². The molecule has 6 nitrogen and oxygen atoms in total. The van der Waals surface area contributed by atoms with Gasteiger partial charge in [0.05, 0.1) is 12.7 Å². The first-order valence-electron chi connectivity index (χ1n) is 9.07. The first-order valence-corrected chi connectivity index (χ1v) is 9.07. The van der Waals surface area contributed by atoms with Gasteiger partial charge >= 0.3 is 5.97 Å². The molecule has 1 fully saturated rings. The first kappa shape index (κ1) is 18.9. The highest BCUT2D eigenvalue weighted by molar-refractivity contribution is 6.04. The molecule has 2 N–H and O–H groups in total. The van der Waals surface area contributed by atoms with Crippen molar-refractivity contribution in [2.24, 2.45) is 0 Å². The molecule has 0 radical (unpaired) electrons. The molecule has 1 aliphatic carbocycles. The molecule has 2 aromatic rings. The Kier molecular flexibility index (Phi) is 6.44. The lowest BCUT2D eigenvalue weighted by Crippen LogP contribution is -2.13. The smallest absolute Gasteiger partial charge is 0.341 e. The number of hydrogen-bond acceptors (Lipinski definition) is 4. The molecule has 1 aliphatic rings. The minimum atomic E-state index is -1.07. The van der Waals surface area contributed by atoms with Gasteiger partial charge in [-0.1, -0.05) is 31.0 Å². The molecule has 0 unspecified atom stereocenters. The SMILES string of the molecule is O=C(O)COc1cccc(C(=O)Nc2ccc(COC3CCCC3)cc2)c1. The summed E-state index contributed by atoms with van der Waals surface area (Å²) >= 11 is 0. The summed E-state index contributed by atoms with van der Waals surface area (Å²) in [4.78, 5) is 22.9. The van der Waals surface area contributed by atoms with Crippen LogP contribution in [0, 0.1) is 0 Å². The summed E-state index contributed by atoms with van der Waals surface area (Å²) in [7, 11) is 0. The largest absolute Gasteiger partial charge is 0.482 e. The number of carbonyl (C=O) groups is 2. The summed E-state index contributed by atoms with van der Waals surface area (Å²) in [5, 5.41) is 11.5. The molecule has 27 heavy (non-hydrogen) atoms. The van der Waals surface area contributed by atoms with Gasteiger partial charge in [0.2, 0.25) is 0 Å². The summed E-state index contributed by atoms with van der Waals surface area (Å²) in [6.07, 6.45) is 5.16. The lowest BCUT2D eigenvalue weighted by Gasteiger charge is -2.12. The Bertz CT molecular complexity index is 781. The molecule has 6 heteroatoms. The van der Waals surface area contributed by atoms with Crippen molar-refractivity contribution in [2.75, 3.05) is 11.9 Å². The van der Waals surface area contributed by atoms with E-state index in [0.29, 0.717) is 29.7 Å². The minimum absolute atomic E-state index is 0.286. The minimum Gasteiger partial charge on any atom is -0.482 e. The fourth-order valence-corrected chi connectivity index (χ4v) is 3.03. The van der Waals surface area contributed by atoms with Crippen LogP contribution in [0.25, 0.3) is 0 Å². The topological polar surface area (TPSA) is 84.9 Å². The van der Waals surface area contributed by atoms with Crippen LogP contribution < -0.4 is 10.1 Å². The zero-order valence-electron chi connectivity index (χ0n) is 15.0. The standard InChI is InChI=1S/C21H23NO5/c23-20(24)14-27-19-7-3-4-16(12-19)21(25)22-17-10-8-15(9-11-17)13-26-18-5-1-2-6-18/h3-4,7-12,18H,1-2,5-6,13-14H2,(H,22,25)(H,23,24). The van der Waals surface area contributed by atoms with Crippen LogP contribution in [0.1, 0.15) is 41.6 Å². The second-order valence-corrected chi connectivity index (χ2v) is 6.58. The number of nitrogens with one attached hydrogen (secondary N) is 1. The molecule has 0 spiro atoms. The van der Waals surface area contributed by atoms with Crippen molar-refractivity contribution in [3.63, 3.8) is 0 Å². The van der Waals surface area contributed by atoms with Gasteiger partial charge in [-0.2, -0.15) is 0 Å². The van der Waals surface area contributed by atoms with Gasteiger partial charge in [-0.3, -0.25) is 4.79 Å². The van der Waals surface area contributed by atoms with Crippen LogP contribution in [0.15, 0.2) is 48.5 Å². The summed E-state index contributed by atoms with van der Waals surface area (Å²) in [5.41, 5.74) is 2.15. The van der Waals surface area contributed by atoms with Crippen LogP contribution >= 0.6 is 0 Å². The third kappa shape index (κ3) is 5.82. The third-order valence-electron chi connectivity index (χ3n) is 4.46. The van der Waals surface area contributed by atoms with E-state index in [4.69, 9.17) is 14.6 Å². The highest BCUT2D eigenvalue weighted by Gasteiger charge is 2.15. The van der Waals surface area contributed by atoms with Gasteiger partial charge in [-0.25, -0.2) is 4.79 Å². The van der Waals surface area contributed by atoms with Crippen molar-refractivity contribution in [3.8, 4) is 5.75 Å². The Morgan fingerprint density at radius 2 is 1.81 bits per heavy atom. The van der Waals surface area contributed by atoms with E-state index in [1.54, 1.807) is 18.2 Å². The van der Waals surface area contributed by atoms with Crippen molar-refractivity contribution in [2.45, 2.75) is 38.4 Å². The Morgan fingerprint density at radius 1 is 1.07 bits per heavy atom. The molecule has 142 valence electrons. The highest BCUT2D eigenvalue weighted by Crippen LogP contribution is 2.22. The number of carboxylic acids is 1. The number of benzene rings is 2. The van der Waals surface area contributed by atoms with E-state index < -0.39 is 12.6 Å². The molecular weight excluding hydrogens is 346 g/mol. The van der Waals surface area contributed by atoms with Gasteiger partial charge in [0.1, 0.15) is 5.75 Å². The number of hydrogen-bond donors (Lipinski definition) is 2. The van der Waals surface area contributed by atoms with Crippen molar-refractivity contribution >= 4 is 17.6 Å². The number of aliphatic carboxylic acids is 1. The lowest BCUT2D eigenvalue weighted by atomic mass is 10.1. The second-order valence-electron chi connectivity index (χ2n) is 6.58. The van der Waals surface area contributed by atoms with Crippen molar-refractivity contribution in [3.05, 3.63) is 59.7 Å². The van der Waals surface area contributed by atoms with E-state index in [9.17, 15) is 9.59 Å². The Balaban J connectivity index is 1.54. The van der Waals surface area contributed by atoms with E-state index in [1.165, 1.54) is 18.9 Å². The summed E-state index contributed by atoms with van der Waals surface area (Å²) in [5.74, 6) is -1.02. The molecule has 0 heterocycles. The Morgan fingerprint density at radius 3 is 2.52 bits per heavy atom. The summed E-state index contributed by atoms with van der Waals surface area (Å²) in [6.45, 7) is 0.136. The van der Waals surface area contributed by atoms with Crippen LogP contribution in [-0.4, -0.2) is 29.7 Å². The van der Waals surface area contributed by atoms with E-state index in [2.05, 4.69) is 5.32 Å². The zero-order valence-corrected chi connectivity index (χ0v) is 15.0. The lowest BCUT2D eigenvalue weighted by molar-refractivity contribution is -0.139. The normalized spacial score (nSPS) is 14.1. The molecule has 0 aromatic heterocycles. The molecule has 0 atom stereocenters. The second kappa shape index (κ2) is 9.19. The monoisotopic (exact) mass is 369 g/mol. The van der Waals surface area contributed by atoms with E-state index in [-0.39, 0.29) is 5.91 Å². The quantitative estimate of drug-likeness (QED) is 0.738. The van der Waals surface area contributed by atoms with Crippen molar-refractivity contribution in [1.29, 1.82) is 0 Å². The third-order valence-corrected chi connectivity index (χ3v) is 4.46.